The van der Waals surface area contributed by atoms with Gasteiger partial charge in [0, 0.05) is 23.7 Å². The summed E-state index contributed by atoms with van der Waals surface area (Å²) < 4.78 is 0. The highest BCUT2D eigenvalue weighted by atomic mass is 32.1. The quantitative estimate of drug-likeness (QED) is 0.833. The molecule has 0 spiro atoms. The Kier molecular flexibility index (Phi) is 5.23. The molecule has 0 saturated heterocycles. The van der Waals surface area contributed by atoms with Gasteiger partial charge in [-0.2, -0.15) is 0 Å². The molecule has 0 saturated carbocycles. The van der Waals surface area contributed by atoms with E-state index in [0.717, 1.165) is 13.0 Å². The molecule has 0 aliphatic carbocycles. The van der Waals surface area contributed by atoms with Gasteiger partial charge in [0.05, 0.1) is 5.69 Å². The molecule has 0 aromatic carbocycles. The van der Waals surface area contributed by atoms with Gasteiger partial charge in [0.1, 0.15) is 4.99 Å². The van der Waals surface area contributed by atoms with Gasteiger partial charge in [0.2, 0.25) is 0 Å². The van der Waals surface area contributed by atoms with Crippen molar-refractivity contribution >= 4 is 28.5 Å². The minimum absolute atomic E-state index is 0.348. The normalized spacial score (nSPS) is 12.6. The van der Waals surface area contributed by atoms with Crippen LogP contribution < -0.4 is 5.73 Å². The van der Waals surface area contributed by atoms with Crippen LogP contribution in [-0.2, 0) is 13.0 Å². The number of aromatic nitrogens is 1. The highest BCUT2D eigenvalue weighted by molar-refractivity contribution is 7.80. The van der Waals surface area contributed by atoms with Gasteiger partial charge in [-0.1, -0.05) is 18.3 Å². The Morgan fingerprint density at radius 2 is 2.30 bits per heavy atom. The highest BCUT2D eigenvalue weighted by Crippen LogP contribution is 2.15. The van der Waals surface area contributed by atoms with Crippen molar-refractivity contribution in [3.63, 3.8) is 0 Å². The summed E-state index contributed by atoms with van der Waals surface area (Å²) in [5.74, 6) is 0. The molecular weight excluding hydrogens is 286 g/mol. The Morgan fingerprint density at radius 1 is 1.50 bits per heavy atom. The van der Waals surface area contributed by atoms with Crippen LogP contribution in [0.2, 0.25) is 0 Å². The number of hydrogen-bond donors (Lipinski definition) is 1. The van der Waals surface area contributed by atoms with Gasteiger partial charge in [-0.15, -0.1) is 11.3 Å². The minimum atomic E-state index is 0.348. The first-order valence-corrected chi connectivity index (χ1v) is 7.82. The number of rotatable bonds is 6. The standard InChI is InChI=1S/C15H19N3S2/c1-11(8-13-4-3-7-20-13)18(2)10-12-5-6-17-14(9-12)15(16)19/h3-7,9,11H,8,10H2,1-2H3,(H2,16,19). The molecule has 0 aliphatic heterocycles. The lowest BCUT2D eigenvalue weighted by atomic mass is 10.1. The largest absolute Gasteiger partial charge is 0.388 e. The van der Waals surface area contributed by atoms with Crippen LogP contribution in [0.25, 0.3) is 0 Å². The average Bonchev–Trinajstić information content (AvgIpc) is 2.91. The number of thiocarbonyl (C=S) groups is 1. The summed E-state index contributed by atoms with van der Waals surface area (Å²) in [5, 5.41) is 2.12. The predicted octanol–water partition coefficient (Wildman–Crippen LogP) is 2.84. The van der Waals surface area contributed by atoms with E-state index >= 15 is 0 Å². The molecule has 0 radical (unpaired) electrons. The maximum Gasteiger partial charge on any atom is 0.122 e. The van der Waals surface area contributed by atoms with Crippen molar-refractivity contribution in [1.29, 1.82) is 0 Å². The lowest BCUT2D eigenvalue weighted by molar-refractivity contribution is 0.249. The first-order chi connectivity index (χ1) is 9.56. The number of nitrogens with zero attached hydrogens (tertiary/aromatic N) is 2. The molecular formula is C15H19N3S2. The van der Waals surface area contributed by atoms with Gasteiger partial charge in [0.25, 0.3) is 0 Å². The summed E-state index contributed by atoms with van der Waals surface area (Å²) in [6.45, 7) is 3.11. The molecule has 2 heterocycles. The number of nitrogens with two attached hydrogens (primary N) is 1. The molecule has 0 bridgehead atoms. The van der Waals surface area contributed by atoms with E-state index < -0.39 is 0 Å². The molecule has 1 atom stereocenters. The van der Waals surface area contributed by atoms with Crippen LogP contribution in [0, 0.1) is 0 Å². The summed E-state index contributed by atoms with van der Waals surface area (Å²) >= 11 is 6.78. The third-order valence-electron chi connectivity index (χ3n) is 3.34. The van der Waals surface area contributed by atoms with Gasteiger partial charge in [-0.3, -0.25) is 9.88 Å². The topological polar surface area (TPSA) is 42.2 Å². The number of hydrogen-bond acceptors (Lipinski definition) is 4. The molecule has 2 aromatic rings. The van der Waals surface area contributed by atoms with Gasteiger partial charge < -0.3 is 5.73 Å². The lowest BCUT2D eigenvalue weighted by Gasteiger charge is -2.24. The third-order valence-corrected chi connectivity index (χ3v) is 4.45. The summed E-state index contributed by atoms with van der Waals surface area (Å²) in [6.07, 6.45) is 2.84. The van der Waals surface area contributed by atoms with E-state index in [2.05, 4.69) is 41.4 Å². The van der Waals surface area contributed by atoms with Crippen molar-refractivity contribution in [2.45, 2.75) is 25.9 Å². The number of thiophene rings is 1. The van der Waals surface area contributed by atoms with Crippen LogP contribution >= 0.6 is 23.6 Å². The molecule has 0 aliphatic rings. The smallest absolute Gasteiger partial charge is 0.122 e. The van der Waals surface area contributed by atoms with E-state index in [0.29, 0.717) is 16.7 Å². The van der Waals surface area contributed by atoms with E-state index in [9.17, 15) is 0 Å². The Morgan fingerprint density at radius 3 is 2.95 bits per heavy atom. The Labute approximate surface area is 129 Å². The van der Waals surface area contributed by atoms with Crippen LogP contribution in [0.1, 0.15) is 23.1 Å². The molecule has 0 fully saturated rings. The zero-order chi connectivity index (χ0) is 14.5. The average molecular weight is 305 g/mol. The SMILES string of the molecule is CC(Cc1cccs1)N(C)Cc1ccnc(C(N)=S)c1. The lowest BCUT2D eigenvalue weighted by Crippen LogP contribution is -2.30. The second-order valence-corrected chi connectivity index (χ2v) is 6.43. The van der Waals surface area contributed by atoms with Crippen LogP contribution in [0.15, 0.2) is 35.8 Å². The highest BCUT2D eigenvalue weighted by Gasteiger charge is 2.11. The molecule has 3 nitrogen and oxygen atoms in total. The molecule has 0 amide bonds. The summed E-state index contributed by atoms with van der Waals surface area (Å²) in [4.78, 5) is 8.27. The molecule has 5 heteroatoms. The van der Waals surface area contributed by atoms with E-state index in [1.807, 2.05) is 23.5 Å². The Hall–Kier alpha value is -1.30. The molecule has 106 valence electrons. The van der Waals surface area contributed by atoms with Gasteiger partial charge in [-0.25, -0.2) is 0 Å². The van der Waals surface area contributed by atoms with Crippen molar-refractivity contribution in [2.24, 2.45) is 5.73 Å². The van der Waals surface area contributed by atoms with Gasteiger partial charge in [0.15, 0.2) is 0 Å². The van der Waals surface area contributed by atoms with E-state index in [-0.39, 0.29) is 0 Å². The fraction of sp³-hybridized carbons (Fsp3) is 0.333. The van der Waals surface area contributed by atoms with Crippen molar-refractivity contribution in [3.8, 4) is 0 Å². The fourth-order valence-electron chi connectivity index (χ4n) is 2.03. The molecule has 20 heavy (non-hydrogen) atoms. The third kappa shape index (κ3) is 4.10. The van der Waals surface area contributed by atoms with Gasteiger partial charge >= 0.3 is 0 Å². The zero-order valence-electron chi connectivity index (χ0n) is 11.7. The minimum Gasteiger partial charge on any atom is -0.388 e. The van der Waals surface area contributed by atoms with Crippen LogP contribution in [0.3, 0.4) is 0 Å². The summed E-state index contributed by atoms with van der Waals surface area (Å²) in [7, 11) is 2.14. The van der Waals surface area contributed by atoms with E-state index in [4.69, 9.17) is 18.0 Å². The predicted molar refractivity (Wildman–Crippen MR) is 89.1 cm³/mol. The Balaban J connectivity index is 1.98. The first kappa shape index (κ1) is 15.1. The maximum absolute atomic E-state index is 5.62. The number of likely N-dealkylation sites (N-methyl/N-ethyl adjacent to an activating group) is 1. The molecule has 2 rings (SSSR count). The molecule has 1 unspecified atom stereocenters. The van der Waals surface area contributed by atoms with Crippen molar-refractivity contribution in [1.82, 2.24) is 9.88 Å². The van der Waals surface area contributed by atoms with Crippen molar-refractivity contribution < 1.29 is 0 Å². The Bertz CT molecular complexity index is 566. The van der Waals surface area contributed by atoms with E-state index in [1.165, 1.54) is 10.4 Å². The summed E-state index contributed by atoms with van der Waals surface area (Å²) in [6, 6.07) is 8.75. The molecule has 2 aromatic heterocycles. The van der Waals surface area contributed by atoms with Crippen molar-refractivity contribution in [2.75, 3.05) is 7.05 Å². The zero-order valence-corrected chi connectivity index (χ0v) is 13.4. The van der Waals surface area contributed by atoms with E-state index in [1.54, 1.807) is 6.20 Å². The van der Waals surface area contributed by atoms with Crippen LogP contribution in [0.4, 0.5) is 0 Å². The first-order valence-electron chi connectivity index (χ1n) is 6.53. The number of pyridine rings is 1. The molecule has 2 N–H and O–H groups in total. The van der Waals surface area contributed by atoms with Crippen LogP contribution in [-0.4, -0.2) is 28.0 Å². The monoisotopic (exact) mass is 305 g/mol. The van der Waals surface area contributed by atoms with Crippen molar-refractivity contribution in [3.05, 3.63) is 52.0 Å². The maximum atomic E-state index is 5.62. The van der Waals surface area contributed by atoms with Gasteiger partial charge in [-0.05, 0) is 49.5 Å². The second-order valence-electron chi connectivity index (χ2n) is 4.96. The second kappa shape index (κ2) is 6.92. The van der Waals surface area contributed by atoms with Crippen LogP contribution in [0.5, 0.6) is 0 Å². The summed E-state index contributed by atoms with van der Waals surface area (Å²) in [5.41, 5.74) is 7.50. The fourth-order valence-corrected chi connectivity index (χ4v) is 2.97.